The fraction of sp³-hybridized carbons (Fsp3) is 0.571. The molecule has 1 aromatic rings. The van der Waals surface area contributed by atoms with E-state index >= 15 is 0 Å². The minimum absolute atomic E-state index is 0.522. The molecule has 0 radical (unpaired) electrons. The van der Waals surface area contributed by atoms with Crippen LogP contribution in [0.1, 0.15) is 37.3 Å². The predicted molar refractivity (Wildman–Crippen MR) is 66.7 cm³/mol. The Hall–Kier alpha value is -0.860. The van der Waals surface area contributed by atoms with Gasteiger partial charge < -0.3 is 10.4 Å². The molecule has 1 aromatic carbocycles. The molecule has 1 fully saturated rings. The van der Waals surface area contributed by atoms with Gasteiger partial charge in [0.2, 0.25) is 0 Å². The van der Waals surface area contributed by atoms with E-state index in [1.807, 2.05) is 0 Å². The van der Waals surface area contributed by atoms with E-state index in [0.29, 0.717) is 5.92 Å². The topological polar surface area (TPSA) is 32.3 Å². The number of hydrogen-bond acceptors (Lipinski definition) is 2. The first-order chi connectivity index (χ1) is 7.61. The third-order valence-corrected chi connectivity index (χ3v) is 3.42. The van der Waals surface area contributed by atoms with Crippen LogP contribution in [0.25, 0.3) is 0 Å². The second-order valence-corrected chi connectivity index (χ2v) is 5.18. The first kappa shape index (κ1) is 11.6. The van der Waals surface area contributed by atoms with Crippen LogP contribution in [0.5, 0.6) is 0 Å². The van der Waals surface area contributed by atoms with Gasteiger partial charge in [0, 0.05) is 13.0 Å². The number of β-amino-alcohol motifs (C(OH)–C–C–N with tert-alkyl or cyclic N) is 1. The summed E-state index contributed by atoms with van der Waals surface area (Å²) in [4.78, 5) is 0. The second kappa shape index (κ2) is 4.56. The zero-order valence-corrected chi connectivity index (χ0v) is 10.2. The Balaban J connectivity index is 2.20. The van der Waals surface area contributed by atoms with Gasteiger partial charge in [-0.25, -0.2) is 0 Å². The van der Waals surface area contributed by atoms with Crippen molar-refractivity contribution in [3.63, 3.8) is 0 Å². The van der Waals surface area contributed by atoms with E-state index in [1.165, 1.54) is 11.1 Å². The van der Waals surface area contributed by atoms with Gasteiger partial charge in [-0.05, 0) is 30.0 Å². The van der Waals surface area contributed by atoms with Gasteiger partial charge in [0.15, 0.2) is 0 Å². The van der Waals surface area contributed by atoms with Crippen LogP contribution in [0.3, 0.4) is 0 Å². The van der Waals surface area contributed by atoms with Gasteiger partial charge in [0.25, 0.3) is 0 Å². The van der Waals surface area contributed by atoms with Gasteiger partial charge in [-0.15, -0.1) is 0 Å². The van der Waals surface area contributed by atoms with Crippen LogP contribution in [-0.2, 0) is 6.42 Å². The molecular formula is C14H21NO. The molecule has 0 aromatic heterocycles. The first-order valence-corrected chi connectivity index (χ1v) is 6.12. The predicted octanol–water partition coefficient (Wildman–Crippen LogP) is 2.08. The van der Waals surface area contributed by atoms with Gasteiger partial charge in [-0.2, -0.15) is 0 Å². The molecule has 1 aliphatic heterocycles. The van der Waals surface area contributed by atoms with Crippen molar-refractivity contribution < 1.29 is 5.11 Å². The van der Waals surface area contributed by atoms with E-state index in [2.05, 4.69) is 43.4 Å². The van der Waals surface area contributed by atoms with Gasteiger partial charge in [-0.1, -0.05) is 38.1 Å². The Morgan fingerprint density at radius 1 is 1.38 bits per heavy atom. The average molecular weight is 219 g/mol. The molecule has 1 aliphatic rings. The van der Waals surface area contributed by atoms with Crippen LogP contribution in [-0.4, -0.2) is 23.8 Å². The Kier molecular flexibility index (Phi) is 3.31. The van der Waals surface area contributed by atoms with Crippen LogP contribution in [0.2, 0.25) is 0 Å². The molecule has 0 aliphatic carbocycles. The number of rotatable bonds is 3. The molecule has 1 atom stereocenters. The zero-order chi connectivity index (χ0) is 11.6. The monoisotopic (exact) mass is 219 g/mol. The molecule has 0 amide bonds. The minimum atomic E-state index is -0.537. The van der Waals surface area contributed by atoms with Crippen LogP contribution in [0, 0.1) is 0 Å². The van der Waals surface area contributed by atoms with E-state index in [1.54, 1.807) is 0 Å². The van der Waals surface area contributed by atoms with Crippen molar-refractivity contribution in [2.75, 3.05) is 13.1 Å². The summed E-state index contributed by atoms with van der Waals surface area (Å²) in [6, 6.07) is 8.46. The van der Waals surface area contributed by atoms with Gasteiger partial charge in [0.05, 0.1) is 5.60 Å². The Bertz CT molecular complexity index is 354. The summed E-state index contributed by atoms with van der Waals surface area (Å²) >= 11 is 0. The van der Waals surface area contributed by atoms with Crippen molar-refractivity contribution in [2.45, 2.75) is 38.2 Å². The van der Waals surface area contributed by atoms with E-state index in [0.717, 1.165) is 25.9 Å². The summed E-state index contributed by atoms with van der Waals surface area (Å²) in [5, 5.41) is 13.6. The number of hydrogen-bond donors (Lipinski definition) is 2. The SMILES string of the molecule is CC(C)c1ccccc1CC1(O)CCNC1. The van der Waals surface area contributed by atoms with Crippen molar-refractivity contribution in [1.29, 1.82) is 0 Å². The van der Waals surface area contributed by atoms with Crippen molar-refractivity contribution in [1.82, 2.24) is 5.32 Å². The van der Waals surface area contributed by atoms with Crippen molar-refractivity contribution in [3.05, 3.63) is 35.4 Å². The van der Waals surface area contributed by atoms with E-state index in [4.69, 9.17) is 0 Å². The van der Waals surface area contributed by atoms with Crippen molar-refractivity contribution in [2.24, 2.45) is 0 Å². The van der Waals surface area contributed by atoms with Crippen molar-refractivity contribution in [3.8, 4) is 0 Å². The lowest BCUT2D eigenvalue weighted by molar-refractivity contribution is 0.0616. The summed E-state index contributed by atoms with van der Waals surface area (Å²) in [6.45, 7) is 6.06. The molecule has 1 heterocycles. The zero-order valence-electron chi connectivity index (χ0n) is 10.2. The highest BCUT2D eigenvalue weighted by molar-refractivity contribution is 5.31. The third kappa shape index (κ3) is 2.45. The lowest BCUT2D eigenvalue weighted by Gasteiger charge is -2.23. The normalized spacial score (nSPS) is 25.2. The molecule has 16 heavy (non-hydrogen) atoms. The fourth-order valence-electron chi connectivity index (χ4n) is 2.49. The fourth-order valence-corrected chi connectivity index (χ4v) is 2.49. The smallest absolute Gasteiger partial charge is 0.0823 e. The van der Waals surface area contributed by atoms with Crippen LogP contribution < -0.4 is 5.32 Å². The van der Waals surface area contributed by atoms with E-state index in [-0.39, 0.29) is 0 Å². The van der Waals surface area contributed by atoms with Crippen LogP contribution in [0.15, 0.2) is 24.3 Å². The largest absolute Gasteiger partial charge is 0.388 e. The van der Waals surface area contributed by atoms with E-state index in [9.17, 15) is 5.11 Å². The van der Waals surface area contributed by atoms with E-state index < -0.39 is 5.60 Å². The van der Waals surface area contributed by atoms with Gasteiger partial charge in [-0.3, -0.25) is 0 Å². The highest BCUT2D eigenvalue weighted by Gasteiger charge is 2.31. The Morgan fingerprint density at radius 3 is 2.75 bits per heavy atom. The standard InChI is InChI=1S/C14H21NO/c1-11(2)13-6-4-3-5-12(13)9-14(16)7-8-15-10-14/h3-6,11,15-16H,7-10H2,1-2H3. The molecule has 88 valence electrons. The van der Waals surface area contributed by atoms with Crippen LogP contribution in [0.4, 0.5) is 0 Å². The number of nitrogens with one attached hydrogen (secondary N) is 1. The molecule has 0 spiro atoms. The number of aliphatic hydroxyl groups is 1. The van der Waals surface area contributed by atoms with Crippen LogP contribution >= 0.6 is 0 Å². The van der Waals surface area contributed by atoms with Gasteiger partial charge in [0.1, 0.15) is 0 Å². The minimum Gasteiger partial charge on any atom is -0.388 e. The summed E-state index contributed by atoms with van der Waals surface area (Å²) in [5.74, 6) is 0.522. The molecule has 2 heteroatoms. The molecule has 2 N–H and O–H groups in total. The molecule has 1 saturated heterocycles. The quantitative estimate of drug-likeness (QED) is 0.815. The highest BCUT2D eigenvalue weighted by atomic mass is 16.3. The molecule has 0 bridgehead atoms. The maximum absolute atomic E-state index is 10.4. The maximum Gasteiger partial charge on any atom is 0.0823 e. The summed E-state index contributed by atoms with van der Waals surface area (Å²) in [7, 11) is 0. The molecule has 2 nitrogen and oxygen atoms in total. The highest BCUT2D eigenvalue weighted by Crippen LogP contribution is 2.26. The summed E-state index contributed by atoms with van der Waals surface area (Å²) in [6.07, 6.45) is 1.63. The maximum atomic E-state index is 10.4. The third-order valence-electron chi connectivity index (χ3n) is 3.42. The molecule has 1 unspecified atom stereocenters. The second-order valence-electron chi connectivity index (χ2n) is 5.18. The lowest BCUT2D eigenvalue weighted by atomic mass is 9.88. The lowest BCUT2D eigenvalue weighted by Crippen LogP contribution is -2.34. The van der Waals surface area contributed by atoms with Crippen molar-refractivity contribution >= 4 is 0 Å². The Labute approximate surface area is 97.7 Å². The summed E-state index contributed by atoms with van der Waals surface area (Å²) in [5.41, 5.74) is 2.12. The summed E-state index contributed by atoms with van der Waals surface area (Å²) < 4.78 is 0. The average Bonchev–Trinajstić information content (AvgIpc) is 2.65. The number of benzene rings is 1. The molecule has 2 rings (SSSR count). The van der Waals surface area contributed by atoms with Gasteiger partial charge >= 0.3 is 0 Å². The molecular weight excluding hydrogens is 198 g/mol. The molecule has 0 saturated carbocycles. The Morgan fingerprint density at radius 2 is 2.12 bits per heavy atom. The first-order valence-electron chi connectivity index (χ1n) is 6.12.